The zero-order valence-corrected chi connectivity index (χ0v) is 27.5. The van der Waals surface area contributed by atoms with Crippen LogP contribution in [0, 0.1) is 0 Å². The summed E-state index contributed by atoms with van der Waals surface area (Å²) in [4.78, 5) is 0. The lowest BCUT2D eigenvalue weighted by Crippen LogP contribution is -3.00. The van der Waals surface area contributed by atoms with Gasteiger partial charge in [0.15, 0.2) is 0 Å². The van der Waals surface area contributed by atoms with Crippen LogP contribution in [0.5, 0.6) is 0 Å². The predicted molar refractivity (Wildman–Crippen MR) is 167 cm³/mol. The lowest BCUT2D eigenvalue weighted by molar-refractivity contribution is -0.927. The Balaban J connectivity index is 0. The summed E-state index contributed by atoms with van der Waals surface area (Å²) in [6, 6.07) is 0. The third-order valence-corrected chi connectivity index (χ3v) is 8.88. The van der Waals surface area contributed by atoms with Crippen molar-refractivity contribution in [3.63, 3.8) is 0 Å². The van der Waals surface area contributed by atoms with Crippen LogP contribution in [0.25, 0.3) is 0 Å². The molecule has 0 spiro atoms. The monoisotopic (exact) mass is 544 g/mol. The fraction of sp³-hybridized carbons (Fsp3) is 1.00. The van der Waals surface area contributed by atoms with Crippen LogP contribution in [0.15, 0.2) is 0 Å². The van der Waals surface area contributed by atoms with Gasteiger partial charge in [0.25, 0.3) is 0 Å². The van der Waals surface area contributed by atoms with Gasteiger partial charge in [0.1, 0.15) is 0 Å². The minimum atomic E-state index is 0. The van der Waals surface area contributed by atoms with E-state index in [0.717, 1.165) is 0 Å². The Morgan fingerprint density at radius 1 is 0.270 bits per heavy atom. The summed E-state index contributed by atoms with van der Waals surface area (Å²) in [5.74, 6) is 0. The summed E-state index contributed by atoms with van der Waals surface area (Å²) < 4.78 is 1.43. The lowest BCUT2D eigenvalue weighted by Gasteiger charge is -2.38. The van der Waals surface area contributed by atoms with Crippen LogP contribution in [-0.4, -0.2) is 30.7 Å². The van der Waals surface area contributed by atoms with E-state index < -0.39 is 0 Å². The summed E-state index contributed by atoms with van der Waals surface area (Å²) in [6.45, 7) is 15.2. The Bertz CT molecular complexity index is 342. The number of quaternary nitrogens is 1. The van der Waals surface area contributed by atoms with E-state index in [1.54, 1.807) is 0 Å². The van der Waals surface area contributed by atoms with Crippen LogP contribution in [0.1, 0.15) is 201 Å². The molecule has 0 amide bonds. The van der Waals surface area contributed by atoms with Gasteiger partial charge in [-0.2, -0.15) is 0 Å². The molecule has 0 aromatic rings. The van der Waals surface area contributed by atoms with Crippen LogP contribution >= 0.6 is 0 Å². The van der Waals surface area contributed by atoms with Gasteiger partial charge in [-0.1, -0.05) is 156 Å². The van der Waals surface area contributed by atoms with E-state index in [9.17, 15) is 0 Å². The van der Waals surface area contributed by atoms with Crippen LogP contribution in [0.2, 0.25) is 0 Å². The van der Waals surface area contributed by atoms with Gasteiger partial charge in [-0.25, -0.2) is 0 Å². The van der Waals surface area contributed by atoms with Crippen molar-refractivity contribution in [2.45, 2.75) is 201 Å². The molecule has 0 aliphatic heterocycles. The largest absolute Gasteiger partial charge is 1.00 e. The summed E-state index contributed by atoms with van der Waals surface area (Å²) in [6.07, 6.45) is 39.4. The molecule has 0 aliphatic rings. The van der Waals surface area contributed by atoms with E-state index in [-0.39, 0.29) is 12.4 Å². The number of unbranched alkanes of at least 4 members (excludes halogenated alkanes) is 24. The molecule has 0 heterocycles. The molecule has 0 rings (SSSR count). The third-order valence-electron chi connectivity index (χ3n) is 8.88. The quantitative estimate of drug-likeness (QED) is 0.0603. The molecule has 0 radical (unpaired) electrons. The average Bonchev–Trinajstić information content (AvgIpc) is 2.89. The zero-order valence-electron chi connectivity index (χ0n) is 26.7. The minimum absolute atomic E-state index is 0. The SMILES string of the molecule is CCCCCCCCCCC[N+](CC)(CCCCCCCCCCC)CCCCCCCCCCC.[Cl-]. The zero-order chi connectivity index (χ0) is 26.4. The summed E-state index contributed by atoms with van der Waals surface area (Å²) in [5.41, 5.74) is 0. The first-order valence-electron chi connectivity index (χ1n) is 17.6. The molecular weight excluding hydrogens is 470 g/mol. The molecule has 0 aromatic heterocycles. The Morgan fingerprint density at radius 3 is 0.649 bits per heavy atom. The van der Waals surface area contributed by atoms with E-state index in [0.29, 0.717) is 0 Å². The maximum absolute atomic E-state index is 2.50. The van der Waals surface area contributed by atoms with Crippen LogP contribution in [-0.2, 0) is 0 Å². The molecule has 37 heavy (non-hydrogen) atoms. The second kappa shape index (κ2) is 32.5. The first-order chi connectivity index (χ1) is 17.7. The fourth-order valence-electron chi connectivity index (χ4n) is 6.08. The summed E-state index contributed by atoms with van der Waals surface area (Å²) >= 11 is 0. The van der Waals surface area contributed by atoms with Gasteiger partial charge in [-0.3, -0.25) is 0 Å². The van der Waals surface area contributed by atoms with Crippen molar-refractivity contribution in [3.05, 3.63) is 0 Å². The molecule has 0 N–H and O–H groups in total. The Hall–Kier alpha value is 0.250. The van der Waals surface area contributed by atoms with Crippen molar-refractivity contribution in [1.29, 1.82) is 0 Å². The van der Waals surface area contributed by atoms with Gasteiger partial charge in [0.2, 0.25) is 0 Å². The molecule has 0 atom stereocenters. The minimum Gasteiger partial charge on any atom is -1.00 e. The van der Waals surface area contributed by atoms with E-state index in [1.807, 2.05) is 0 Å². The van der Waals surface area contributed by atoms with Crippen molar-refractivity contribution < 1.29 is 16.9 Å². The number of halogens is 1. The molecule has 0 unspecified atom stereocenters. The van der Waals surface area contributed by atoms with Gasteiger partial charge in [-0.15, -0.1) is 0 Å². The van der Waals surface area contributed by atoms with Gasteiger partial charge in [0, 0.05) is 0 Å². The number of hydrogen-bond acceptors (Lipinski definition) is 0. The number of rotatable bonds is 31. The second-order valence-corrected chi connectivity index (χ2v) is 12.3. The smallest absolute Gasteiger partial charge is 0.0786 e. The molecule has 0 saturated carbocycles. The second-order valence-electron chi connectivity index (χ2n) is 12.3. The lowest BCUT2D eigenvalue weighted by atomic mass is 10.0. The van der Waals surface area contributed by atoms with E-state index in [4.69, 9.17) is 0 Å². The molecule has 1 nitrogen and oxygen atoms in total. The van der Waals surface area contributed by atoms with Crippen molar-refractivity contribution >= 4 is 0 Å². The van der Waals surface area contributed by atoms with Crippen LogP contribution < -0.4 is 12.4 Å². The van der Waals surface area contributed by atoms with Gasteiger partial charge >= 0.3 is 0 Å². The van der Waals surface area contributed by atoms with Gasteiger partial charge < -0.3 is 16.9 Å². The predicted octanol–water partition coefficient (Wildman–Crippen LogP) is 9.42. The van der Waals surface area contributed by atoms with Gasteiger partial charge in [0.05, 0.1) is 26.2 Å². The Labute approximate surface area is 243 Å². The number of nitrogens with zero attached hydrogens (tertiary/aromatic N) is 1. The van der Waals surface area contributed by atoms with Crippen molar-refractivity contribution in [2.24, 2.45) is 0 Å². The van der Waals surface area contributed by atoms with Crippen molar-refractivity contribution in [1.82, 2.24) is 0 Å². The summed E-state index contributed by atoms with van der Waals surface area (Å²) in [5, 5.41) is 0. The van der Waals surface area contributed by atoms with Crippen molar-refractivity contribution in [3.8, 4) is 0 Å². The molecule has 0 bridgehead atoms. The first kappa shape index (κ1) is 39.4. The molecule has 0 fully saturated rings. The molecule has 0 aromatic carbocycles. The Morgan fingerprint density at radius 2 is 0.459 bits per heavy atom. The highest BCUT2D eigenvalue weighted by molar-refractivity contribution is 4.54. The van der Waals surface area contributed by atoms with Crippen molar-refractivity contribution in [2.75, 3.05) is 26.2 Å². The van der Waals surface area contributed by atoms with Gasteiger partial charge in [-0.05, 0) is 45.4 Å². The summed E-state index contributed by atoms with van der Waals surface area (Å²) in [7, 11) is 0. The van der Waals surface area contributed by atoms with Crippen LogP contribution in [0.4, 0.5) is 0 Å². The van der Waals surface area contributed by atoms with E-state index >= 15 is 0 Å². The van der Waals surface area contributed by atoms with E-state index in [1.165, 1.54) is 204 Å². The molecule has 2 heteroatoms. The molecular formula is C35H74ClN. The number of hydrogen-bond donors (Lipinski definition) is 0. The molecule has 226 valence electrons. The topological polar surface area (TPSA) is 0 Å². The third kappa shape index (κ3) is 27.6. The standard InChI is InChI=1S/C35H74N.ClH/c1-5-9-12-15-18-21-24-27-30-33-36(8-4,34-31-28-25-22-19-16-13-10-6-2)35-32-29-26-23-20-17-14-11-7-3;/h5-35H2,1-4H3;1H/q+1;/p-1. The normalized spacial score (nSPS) is 11.7. The highest BCUT2D eigenvalue weighted by atomic mass is 35.5. The fourth-order valence-corrected chi connectivity index (χ4v) is 6.08. The average molecular weight is 544 g/mol. The Kier molecular flexibility index (Phi) is 34.6. The highest BCUT2D eigenvalue weighted by Gasteiger charge is 2.23. The van der Waals surface area contributed by atoms with Crippen LogP contribution in [0.3, 0.4) is 0 Å². The van der Waals surface area contributed by atoms with E-state index in [2.05, 4.69) is 27.7 Å². The first-order valence-corrected chi connectivity index (χ1v) is 17.6. The maximum atomic E-state index is 2.50. The molecule has 0 saturated heterocycles. The highest BCUT2D eigenvalue weighted by Crippen LogP contribution is 2.19. The molecule has 0 aliphatic carbocycles. The maximum Gasteiger partial charge on any atom is 0.0786 e.